The summed E-state index contributed by atoms with van der Waals surface area (Å²) in [7, 11) is 1.62. The van der Waals surface area contributed by atoms with E-state index < -0.39 is 6.04 Å². The first-order chi connectivity index (χ1) is 12.5. The fourth-order valence-corrected chi connectivity index (χ4v) is 3.14. The van der Waals surface area contributed by atoms with Crippen molar-refractivity contribution in [1.82, 2.24) is 4.90 Å². The van der Waals surface area contributed by atoms with Crippen LogP contribution in [0.1, 0.15) is 23.1 Å². The van der Waals surface area contributed by atoms with Gasteiger partial charge in [0.25, 0.3) is 5.91 Å². The second-order valence-corrected chi connectivity index (χ2v) is 6.70. The Hall–Kier alpha value is -2.82. The molecule has 1 saturated heterocycles. The molecule has 1 aliphatic heterocycles. The number of amides is 2. The molecule has 2 amide bonds. The minimum atomic E-state index is -0.487. The van der Waals surface area contributed by atoms with Crippen LogP contribution in [0.3, 0.4) is 0 Å². The number of carbonyl (C=O) groups excluding carboxylic acids is 2. The Labute approximate surface area is 154 Å². The van der Waals surface area contributed by atoms with E-state index in [9.17, 15) is 9.59 Å². The number of nitrogens with one attached hydrogen (secondary N) is 1. The molecule has 1 aliphatic rings. The van der Waals surface area contributed by atoms with Crippen LogP contribution in [0.25, 0.3) is 0 Å². The molecule has 5 heteroatoms. The van der Waals surface area contributed by atoms with E-state index in [1.165, 1.54) is 4.90 Å². The van der Waals surface area contributed by atoms with Crippen LogP contribution in [0.15, 0.2) is 42.5 Å². The lowest BCUT2D eigenvalue weighted by atomic mass is 10.1. The van der Waals surface area contributed by atoms with Crippen LogP contribution in [0, 0.1) is 13.8 Å². The maximum Gasteiger partial charge on any atom is 0.252 e. The number of anilines is 1. The second-order valence-electron chi connectivity index (χ2n) is 6.70. The fraction of sp³-hybridized carbons (Fsp3) is 0.333. The molecule has 5 nitrogen and oxygen atoms in total. The number of hydrogen-bond acceptors (Lipinski definition) is 4. The van der Waals surface area contributed by atoms with E-state index in [-0.39, 0.29) is 18.2 Å². The van der Waals surface area contributed by atoms with E-state index in [1.54, 1.807) is 7.11 Å². The van der Waals surface area contributed by atoms with E-state index >= 15 is 0 Å². The van der Waals surface area contributed by atoms with E-state index in [1.807, 2.05) is 56.3 Å². The summed E-state index contributed by atoms with van der Waals surface area (Å²) < 4.78 is 5.14. The van der Waals surface area contributed by atoms with Gasteiger partial charge < -0.3 is 10.1 Å². The molecule has 1 atom stereocenters. The van der Waals surface area contributed by atoms with Gasteiger partial charge >= 0.3 is 0 Å². The van der Waals surface area contributed by atoms with Gasteiger partial charge in [0, 0.05) is 12.2 Å². The summed E-state index contributed by atoms with van der Waals surface area (Å²) in [5, 5.41) is 3.24. The summed E-state index contributed by atoms with van der Waals surface area (Å²) >= 11 is 0. The van der Waals surface area contributed by atoms with Crippen molar-refractivity contribution < 1.29 is 14.3 Å². The van der Waals surface area contributed by atoms with Gasteiger partial charge in [-0.3, -0.25) is 14.5 Å². The molecular weight excluding hydrogens is 328 g/mol. The Bertz CT molecular complexity index is 815. The Morgan fingerprint density at radius 2 is 1.85 bits per heavy atom. The summed E-state index contributed by atoms with van der Waals surface area (Å²) in [4.78, 5) is 26.3. The maximum atomic E-state index is 12.7. The SMILES string of the molecule is COc1ccc(CCN2C(=O)C[C@@H](Nc3cc(C)ccc3C)C2=O)cc1. The van der Waals surface area contributed by atoms with Gasteiger partial charge in [-0.25, -0.2) is 0 Å². The van der Waals surface area contributed by atoms with Crippen molar-refractivity contribution in [2.45, 2.75) is 32.7 Å². The largest absolute Gasteiger partial charge is 0.497 e. The van der Waals surface area contributed by atoms with Crippen LogP contribution in [-0.4, -0.2) is 36.4 Å². The van der Waals surface area contributed by atoms with Crippen LogP contribution in [-0.2, 0) is 16.0 Å². The molecule has 1 fully saturated rings. The van der Waals surface area contributed by atoms with E-state index in [0.717, 1.165) is 28.1 Å². The summed E-state index contributed by atoms with van der Waals surface area (Å²) in [6.07, 6.45) is 0.840. The van der Waals surface area contributed by atoms with Crippen LogP contribution in [0.4, 0.5) is 5.69 Å². The van der Waals surface area contributed by atoms with Gasteiger partial charge in [-0.05, 0) is 55.2 Å². The number of imide groups is 1. The molecule has 0 aliphatic carbocycles. The van der Waals surface area contributed by atoms with E-state index in [2.05, 4.69) is 5.32 Å². The van der Waals surface area contributed by atoms with Gasteiger partial charge in [-0.2, -0.15) is 0 Å². The molecule has 0 radical (unpaired) electrons. The van der Waals surface area contributed by atoms with E-state index in [4.69, 9.17) is 4.74 Å². The molecule has 0 saturated carbocycles. The van der Waals surface area contributed by atoms with Gasteiger partial charge in [0.2, 0.25) is 5.91 Å². The lowest BCUT2D eigenvalue weighted by Crippen LogP contribution is -2.36. The number of methoxy groups -OCH3 is 1. The third-order valence-electron chi connectivity index (χ3n) is 4.75. The van der Waals surface area contributed by atoms with Crippen molar-refractivity contribution in [3.8, 4) is 5.75 Å². The van der Waals surface area contributed by atoms with Crippen molar-refractivity contribution in [2.24, 2.45) is 0 Å². The van der Waals surface area contributed by atoms with Gasteiger partial charge in [0.05, 0.1) is 13.5 Å². The van der Waals surface area contributed by atoms with Gasteiger partial charge in [0.15, 0.2) is 0 Å². The Morgan fingerprint density at radius 3 is 2.54 bits per heavy atom. The number of nitrogens with zero attached hydrogens (tertiary/aromatic N) is 1. The molecule has 2 aromatic rings. The van der Waals surface area contributed by atoms with Crippen LogP contribution < -0.4 is 10.1 Å². The molecule has 1 N–H and O–H groups in total. The third kappa shape index (κ3) is 3.87. The number of likely N-dealkylation sites (tertiary alicyclic amines) is 1. The standard InChI is InChI=1S/C21H24N2O3/c1-14-4-5-15(2)18(12-14)22-19-13-20(24)23(21(19)25)11-10-16-6-8-17(26-3)9-7-16/h4-9,12,19,22H,10-11,13H2,1-3H3/t19-/m1/s1. The zero-order valence-corrected chi connectivity index (χ0v) is 15.4. The van der Waals surface area contributed by atoms with Gasteiger partial charge in [-0.15, -0.1) is 0 Å². The zero-order chi connectivity index (χ0) is 18.7. The topological polar surface area (TPSA) is 58.6 Å². The first-order valence-corrected chi connectivity index (χ1v) is 8.79. The highest BCUT2D eigenvalue weighted by Crippen LogP contribution is 2.22. The van der Waals surface area contributed by atoms with Crippen molar-refractivity contribution >= 4 is 17.5 Å². The Balaban J connectivity index is 1.63. The first kappa shape index (κ1) is 18.0. The van der Waals surface area contributed by atoms with Crippen LogP contribution in [0.5, 0.6) is 5.75 Å². The first-order valence-electron chi connectivity index (χ1n) is 8.79. The normalized spacial score (nSPS) is 16.9. The number of rotatable bonds is 6. The summed E-state index contributed by atoms with van der Waals surface area (Å²) in [6.45, 7) is 4.40. The monoisotopic (exact) mass is 352 g/mol. The van der Waals surface area contributed by atoms with Crippen LogP contribution >= 0.6 is 0 Å². The lowest BCUT2D eigenvalue weighted by molar-refractivity contribution is -0.138. The molecule has 0 aromatic heterocycles. The number of aryl methyl sites for hydroxylation is 2. The van der Waals surface area contributed by atoms with Gasteiger partial charge in [-0.1, -0.05) is 24.3 Å². The van der Waals surface area contributed by atoms with Crippen molar-refractivity contribution in [3.63, 3.8) is 0 Å². The Kier molecular flexibility index (Phi) is 5.26. The summed E-state index contributed by atoms with van der Waals surface area (Å²) in [6, 6.07) is 13.2. The number of carbonyl (C=O) groups is 2. The average Bonchev–Trinajstić information content (AvgIpc) is 2.90. The zero-order valence-electron chi connectivity index (χ0n) is 15.4. The summed E-state index contributed by atoms with van der Waals surface area (Å²) in [5.74, 6) is 0.524. The smallest absolute Gasteiger partial charge is 0.252 e. The molecular formula is C21H24N2O3. The van der Waals surface area contributed by atoms with Crippen molar-refractivity contribution in [1.29, 1.82) is 0 Å². The van der Waals surface area contributed by atoms with Crippen LogP contribution in [0.2, 0.25) is 0 Å². The highest BCUT2D eigenvalue weighted by molar-refractivity contribution is 6.06. The number of benzene rings is 2. The fourth-order valence-electron chi connectivity index (χ4n) is 3.14. The molecule has 0 spiro atoms. The van der Waals surface area contributed by atoms with Crippen molar-refractivity contribution in [3.05, 3.63) is 59.2 Å². The predicted octanol–water partition coefficient (Wildman–Crippen LogP) is 3.09. The molecule has 1 heterocycles. The quantitative estimate of drug-likeness (QED) is 0.812. The highest BCUT2D eigenvalue weighted by Gasteiger charge is 2.38. The summed E-state index contributed by atoms with van der Waals surface area (Å²) in [5.41, 5.74) is 4.16. The molecule has 2 aromatic carbocycles. The highest BCUT2D eigenvalue weighted by atomic mass is 16.5. The lowest BCUT2D eigenvalue weighted by Gasteiger charge is -2.17. The number of hydrogen-bond donors (Lipinski definition) is 1. The van der Waals surface area contributed by atoms with Crippen molar-refractivity contribution in [2.75, 3.05) is 19.0 Å². The average molecular weight is 352 g/mol. The van der Waals surface area contributed by atoms with E-state index in [0.29, 0.717) is 13.0 Å². The molecule has 0 bridgehead atoms. The minimum absolute atomic E-state index is 0.119. The predicted molar refractivity (Wildman–Crippen MR) is 101 cm³/mol. The molecule has 26 heavy (non-hydrogen) atoms. The third-order valence-corrected chi connectivity index (χ3v) is 4.75. The number of ether oxygens (including phenoxy) is 1. The molecule has 3 rings (SSSR count). The minimum Gasteiger partial charge on any atom is -0.497 e. The molecule has 136 valence electrons. The second kappa shape index (κ2) is 7.60. The van der Waals surface area contributed by atoms with Gasteiger partial charge in [0.1, 0.15) is 11.8 Å². The molecule has 0 unspecified atom stereocenters. The Morgan fingerprint density at radius 1 is 1.12 bits per heavy atom. The maximum absolute atomic E-state index is 12.7.